The number of halogens is 1. The lowest BCUT2D eigenvalue weighted by molar-refractivity contribution is 0.112. The summed E-state index contributed by atoms with van der Waals surface area (Å²) < 4.78 is 13.4. The number of hydrogen-bond donors (Lipinski definition) is 0. The van der Waals surface area contributed by atoms with Crippen LogP contribution in [0.1, 0.15) is 37.0 Å². The Morgan fingerprint density at radius 1 is 1.35 bits per heavy atom. The van der Waals surface area contributed by atoms with E-state index in [4.69, 9.17) is 0 Å². The third-order valence-electron chi connectivity index (χ3n) is 3.31. The second-order valence-electron chi connectivity index (χ2n) is 5.55. The summed E-state index contributed by atoms with van der Waals surface area (Å²) >= 11 is 0. The third-order valence-corrected chi connectivity index (χ3v) is 3.31. The van der Waals surface area contributed by atoms with Gasteiger partial charge in [0.1, 0.15) is 12.1 Å². The van der Waals surface area contributed by atoms with Gasteiger partial charge in [0.05, 0.1) is 0 Å². The van der Waals surface area contributed by atoms with Crippen molar-refractivity contribution in [3.8, 4) is 0 Å². The number of rotatable bonds is 2. The minimum absolute atomic E-state index is 0.256. The van der Waals surface area contributed by atoms with Crippen LogP contribution in [0.15, 0.2) is 18.2 Å². The average molecular weight is 235 g/mol. The van der Waals surface area contributed by atoms with Crippen molar-refractivity contribution in [1.29, 1.82) is 0 Å². The molecule has 0 aliphatic carbocycles. The Labute approximate surface area is 101 Å². The predicted molar refractivity (Wildman–Crippen MR) is 67.0 cm³/mol. The molecule has 92 valence electrons. The van der Waals surface area contributed by atoms with E-state index in [-0.39, 0.29) is 11.2 Å². The molecule has 1 saturated heterocycles. The number of anilines is 1. The maximum absolute atomic E-state index is 13.4. The zero-order valence-electron chi connectivity index (χ0n) is 10.4. The summed E-state index contributed by atoms with van der Waals surface area (Å²) in [5.41, 5.74) is 1.48. The Morgan fingerprint density at radius 3 is 2.76 bits per heavy atom. The van der Waals surface area contributed by atoms with Gasteiger partial charge in [0, 0.05) is 24.3 Å². The summed E-state index contributed by atoms with van der Waals surface area (Å²) in [6.07, 6.45) is 3.00. The van der Waals surface area contributed by atoms with Gasteiger partial charge in [0.15, 0.2) is 0 Å². The van der Waals surface area contributed by atoms with Crippen molar-refractivity contribution in [2.45, 2.75) is 26.7 Å². The lowest BCUT2D eigenvalue weighted by Gasteiger charge is -2.39. The third kappa shape index (κ3) is 2.84. The highest BCUT2D eigenvalue weighted by Crippen LogP contribution is 2.32. The molecule has 0 amide bonds. The van der Waals surface area contributed by atoms with E-state index in [9.17, 15) is 9.18 Å². The summed E-state index contributed by atoms with van der Waals surface area (Å²) in [6.45, 7) is 6.29. The molecule has 0 N–H and O–H groups in total. The molecule has 1 aliphatic heterocycles. The Bertz CT molecular complexity index is 428. The first-order valence-electron chi connectivity index (χ1n) is 6.01. The van der Waals surface area contributed by atoms with Crippen molar-refractivity contribution in [3.63, 3.8) is 0 Å². The van der Waals surface area contributed by atoms with Crippen LogP contribution in [0.5, 0.6) is 0 Å². The maximum atomic E-state index is 13.4. The van der Waals surface area contributed by atoms with Crippen molar-refractivity contribution < 1.29 is 9.18 Å². The molecule has 17 heavy (non-hydrogen) atoms. The van der Waals surface area contributed by atoms with Crippen LogP contribution < -0.4 is 4.90 Å². The fraction of sp³-hybridized carbons (Fsp3) is 0.500. The molecule has 0 saturated carbocycles. The van der Waals surface area contributed by atoms with E-state index in [1.54, 1.807) is 6.07 Å². The smallest absolute Gasteiger partial charge is 0.150 e. The maximum Gasteiger partial charge on any atom is 0.150 e. The number of benzene rings is 1. The van der Waals surface area contributed by atoms with Crippen LogP contribution >= 0.6 is 0 Å². The van der Waals surface area contributed by atoms with Gasteiger partial charge in [-0.15, -0.1) is 0 Å². The molecular formula is C14H18FNO. The van der Waals surface area contributed by atoms with E-state index < -0.39 is 0 Å². The van der Waals surface area contributed by atoms with E-state index in [0.29, 0.717) is 11.8 Å². The van der Waals surface area contributed by atoms with E-state index in [1.165, 1.54) is 18.6 Å². The lowest BCUT2D eigenvalue weighted by Crippen LogP contribution is -2.40. The highest BCUT2D eigenvalue weighted by atomic mass is 19.1. The highest BCUT2D eigenvalue weighted by Gasteiger charge is 2.26. The van der Waals surface area contributed by atoms with Gasteiger partial charge in [0.2, 0.25) is 0 Å². The van der Waals surface area contributed by atoms with E-state index in [0.717, 1.165) is 25.2 Å². The van der Waals surface area contributed by atoms with Gasteiger partial charge < -0.3 is 4.90 Å². The molecular weight excluding hydrogens is 217 g/mol. The molecule has 1 heterocycles. The summed E-state index contributed by atoms with van der Waals surface area (Å²) in [7, 11) is 0. The normalized spacial score (nSPS) is 19.1. The number of piperidine rings is 1. The SMILES string of the molecule is CC1(C)CCCN(c2cc(F)cc(C=O)c2)C1. The first kappa shape index (κ1) is 12.1. The Balaban J connectivity index is 2.27. The summed E-state index contributed by atoms with van der Waals surface area (Å²) in [5.74, 6) is -0.340. The second kappa shape index (κ2) is 4.47. The average Bonchev–Trinajstić information content (AvgIpc) is 2.27. The zero-order chi connectivity index (χ0) is 12.5. The predicted octanol–water partition coefficient (Wildman–Crippen LogP) is 3.26. The molecule has 1 aliphatic rings. The molecule has 0 bridgehead atoms. The van der Waals surface area contributed by atoms with Gasteiger partial charge in [-0.3, -0.25) is 4.79 Å². The number of carbonyl (C=O) groups excluding carboxylic acids is 1. The number of aldehydes is 1. The van der Waals surface area contributed by atoms with Crippen LogP contribution in [-0.2, 0) is 0 Å². The molecule has 1 aromatic carbocycles. The molecule has 0 atom stereocenters. The first-order chi connectivity index (χ1) is 8.00. The van der Waals surface area contributed by atoms with Crippen LogP contribution in [0.4, 0.5) is 10.1 Å². The van der Waals surface area contributed by atoms with Gasteiger partial charge in [-0.2, -0.15) is 0 Å². The molecule has 0 radical (unpaired) electrons. The van der Waals surface area contributed by atoms with Crippen LogP contribution in [0.25, 0.3) is 0 Å². The van der Waals surface area contributed by atoms with Gasteiger partial charge in [-0.25, -0.2) is 4.39 Å². The van der Waals surface area contributed by atoms with Crippen molar-refractivity contribution in [2.24, 2.45) is 5.41 Å². The summed E-state index contributed by atoms with van der Waals surface area (Å²) in [5, 5.41) is 0. The standard InChI is InChI=1S/C14H18FNO/c1-14(2)4-3-5-16(10-14)13-7-11(9-17)6-12(15)8-13/h6-9H,3-5,10H2,1-2H3. The van der Waals surface area contributed by atoms with Crippen molar-refractivity contribution in [2.75, 3.05) is 18.0 Å². The zero-order valence-corrected chi connectivity index (χ0v) is 10.4. The minimum Gasteiger partial charge on any atom is -0.371 e. The number of nitrogens with zero attached hydrogens (tertiary/aromatic N) is 1. The van der Waals surface area contributed by atoms with E-state index >= 15 is 0 Å². The van der Waals surface area contributed by atoms with E-state index in [1.807, 2.05) is 0 Å². The van der Waals surface area contributed by atoms with Crippen molar-refractivity contribution in [1.82, 2.24) is 0 Å². The van der Waals surface area contributed by atoms with Crippen LogP contribution in [0.2, 0.25) is 0 Å². The monoisotopic (exact) mass is 235 g/mol. The fourth-order valence-electron chi connectivity index (χ4n) is 2.49. The molecule has 3 heteroatoms. The largest absolute Gasteiger partial charge is 0.371 e. The fourth-order valence-corrected chi connectivity index (χ4v) is 2.49. The van der Waals surface area contributed by atoms with Gasteiger partial charge in [0.25, 0.3) is 0 Å². The Morgan fingerprint density at radius 2 is 2.12 bits per heavy atom. The van der Waals surface area contributed by atoms with Crippen LogP contribution in [0, 0.1) is 11.2 Å². The van der Waals surface area contributed by atoms with Crippen LogP contribution in [0.3, 0.4) is 0 Å². The van der Waals surface area contributed by atoms with Gasteiger partial charge in [-0.05, 0) is 36.5 Å². The number of hydrogen-bond acceptors (Lipinski definition) is 2. The Kier molecular flexibility index (Phi) is 3.18. The topological polar surface area (TPSA) is 20.3 Å². The van der Waals surface area contributed by atoms with E-state index in [2.05, 4.69) is 18.7 Å². The summed E-state index contributed by atoms with van der Waals surface area (Å²) in [6, 6.07) is 4.54. The molecule has 1 aromatic rings. The van der Waals surface area contributed by atoms with Crippen molar-refractivity contribution in [3.05, 3.63) is 29.6 Å². The number of carbonyl (C=O) groups is 1. The molecule has 0 unspecified atom stereocenters. The van der Waals surface area contributed by atoms with Gasteiger partial charge in [-0.1, -0.05) is 13.8 Å². The molecule has 2 rings (SSSR count). The Hall–Kier alpha value is -1.38. The van der Waals surface area contributed by atoms with Crippen molar-refractivity contribution >= 4 is 12.0 Å². The van der Waals surface area contributed by atoms with Gasteiger partial charge >= 0.3 is 0 Å². The highest BCUT2D eigenvalue weighted by molar-refractivity contribution is 5.77. The molecule has 1 fully saturated rings. The second-order valence-corrected chi connectivity index (χ2v) is 5.55. The first-order valence-corrected chi connectivity index (χ1v) is 6.01. The molecule has 0 spiro atoms. The minimum atomic E-state index is -0.340. The molecule has 2 nitrogen and oxygen atoms in total. The lowest BCUT2D eigenvalue weighted by atomic mass is 9.84. The quantitative estimate of drug-likeness (QED) is 0.733. The van der Waals surface area contributed by atoms with Crippen LogP contribution in [-0.4, -0.2) is 19.4 Å². The molecule has 0 aromatic heterocycles. The summed E-state index contributed by atoms with van der Waals surface area (Å²) in [4.78, 5) is 12.9.